The van der Waals surface area contributed by atoms with Crippen LogP contribution in [0.25, 0.3) is 0 Å². The minimum Gasteiger partial charge on any atom is -0.444 e. The van der Waals surface area contributed by atoms with Gasteiger partial charge in [-0.05, 0) is 44.9 Å². The molecule has 1 aliphatic rings. The first-order chi connectivity index (χ1) is 9.19. The Labute approximate surface area is 119 Å². The summed E-state index contributed by atoms with van der Waals surface area (Å²) in [5.41, 5.74) is 17.7. The second kappa shape index (κ2) is 6.36. The zero-order valence-corrected chi connectivity index (χ0v) is 12.3. The smallest absolute Gasteiger partial charge is 0.410 e. The molecule has 0 aromatic heterocycles. The molecule has 0 unspecified atom stereocenters. The van der Waals surface area contributed by atoms with Crippen LogP contribution in [0.1, 0.15) is 27.2 Å². The minimum atomic E-state index is -0.483. The molecule has 112 valence electrons. The highest BCUT2D eigenvalue weighted by atomic mass is 16.6. The van der Waals surface area contributed by atoms with Gasteiger partial charge in [0.05, 0.1) is 5.82 Å². The predicted octanol–water partition coefficient (Wildman–Crippen LogP) is 1.16. The largest absolute Gasteiger partial charge is 0.444 e. The molecule has 6 heteroatoms. The van der Waals surface area contributed by atoms with E-state index in [2.05, 4.69) is 0 Å². The molecule has 1 aliphatic heterocycles. The van der Waals surface area contributed by atoms with Crippen molar-refractivity contribution < 1.29 is 9.53 Å². The maximum atomic E-state index is 11.9. The van der Waals surface area contributed by atoms with E-state index in [0.717, 1.165) is 5.57 Å². The Kier molecular flexibility index (Phi) is 5.07. The average molecular weight is 280 g/mol. The standard InChI is InChI=1S/C14H24N4O2/c1-14(2,3)20-13(19)18-8-6-10(7-9-18)11(15)4-5-12(16)17/h4-6H,7-9,15-17H2,1-3H3/b11-4-. The Balaban J connectivity index is 2.63. The van der Waals surface area contributed by atoms with Gasteiger partial charge in [-0.3, -0.25) is 0 Å². The number of carbonyl (C=O) groups is 1. The summed E-state index contributed by atoms with van der Waals surface area (Å²) in [6.07, 6.45) is 5.52. The number of nitrogens with two attached hydrogens (primary N) is 3. The van der Waals surface area contributed by atoms with Gasteiger partial charge in [-0.25, -0.2) is 4.79 Å². The van der Waals surface area contributed by atoms with Crippen LogP contribution in [0.3, 0.4) is 0 Å². The molecule has 1 amide bonds. The molecule has 0 bridgehead atoms. The highest BCUT2D eigenvalue weighted by Gasteiger charge is 2.23. The molecule has 20 heavy (non-hydrogen) atoms. The summed E-state index contributed by atoms with van der Waals surface area (Å²) in [4.78, 5) is 13.5. The van der Waals surface area contributed by atoms with Crippen molar-refractivity contribution in [3.05, 3.63) is 35.3 Å². The number of nitrogens with zero attached hydrogens (tertiary/aromatic N) is 1. The first-order valence-electron chi connectivity index (χ1n) is 6.55. The first-order valence-corrected chi connectivity index (χ1v) is 6.55. The Morgan fingerprint density at radius 2 is 1.95 bits per heavy atom. The van der Waals surface area contributed by atoms with Gasteiger partial charge in [0.2, 0.25) is 0 Å². The van der Waals surface area contributed by atoms with Gasteiger partial charge in [-0.2, -0.15) is 0 Å². The van der Waals surface area contributed by atoms with Gasteiger partial charge < -0.3 is 26.8 Å². The third-order valence-electron chi connectivity index (χ3n) is 2.69. The number of amides is 1. The van der Waals surface area contributed by atoms with Crippen LogP contribution in [0, 0.1) is 0 Å². The van der Waals surface area contributed by atoms with E-state index in [9.17, 15) is 4.79 Å². The van der Waals surface area contributed by atoms with Crippen LogP contribution in [0.5, 0.6) is 0 Å². The van der Waals surface area contributed by atoms with Crippen molar-refractivity contribution >= 4 is 6.09 Å². The molecule has 1 rings (SSSR count). The topological polar surface area (TPSA) is 108 Å². The minimum absolute atomic E-state index is 0.208. The van der Waals surface area contributed by atoms with E-state index >= 15 is 0 Å². The fourth-order valence-electron chi connectivity index (χ4n) is 1.72. The van der Waals surface area contributed by atoms with Gasteiger partial charge in [0.1, 0.15) is 5.60 Å². The number of ether oxygens (including phenoxy) is 1. The van der Waals surface area contributed by atoms with E-state index in [-0.39, 0.29) is 11.9 Å². The Morgan fingerprint density at radius 1 is 1.30 bits per heavy atom. The third-order valence-corrected chi connectivity index (χ3v) is 2.69. The summed E-state index contributed by atoms with van der Waals surface area (Å²) in [6, 6.07) is 0. The lowest BCUT2D eigenvalue weighted by Crippen LogP contribution is -2.39. The van der Waals surface area contributed by atoms with E-state index in [1.807, 2.05) is 26.8 Å². The summed E-state index contributed by atoms with van der Waals surface area (Å²) in [7, 11) is 0. The van der Waals surface area contributed by atoms with Crippen molar-refractivity contribution in [3.63, 3.8) is 0 Å². The van der Waals surface area contributed by atoms with Crippen molar-refractivity contribution in [3.8, 4) is 0 Å². The van der Waals surface area contributed by atoms with Gasteiger partial charge in [0.25, 0.3) is 0 Å². The molecule has 1 heterocycles. The number of allylic oxidation sites excluding steroid dienone is 3. The lowest BCUT2D eigenvalue weighted by atomic mass is 10.0. The van der Waals surface area contributed by atoms with Crippen molar-refractivity contribution in [2.75, 3.05) is 13.1 Å². The van der Waals surface area contributed by atoms with Gasteiger partial charge in [0.15, 0.2) is 0 Å². The molecular weight excluding hydrogens is 256 g/mol. The van der Waals surface area contributed by atoms with Gasteiger partial charge in [-0.1, -0.05) is 6.08 Å². The van der Waals surface area contributed by atoms with Gasteiger partial charge in [-0.15, -0.1) is 0 Å². The number of rotatable bonds is 2. The fourth-order valence-corrected chi connectivity index (χ4v) is 1.72. The van der Waals surface area contributed by atoms with Crippen LogP contribution in [0.2, 0.25) is 0 Å². The molecule has 0 aliphatic carbocycles. The van der Waals surface area contributed by atoms with Crippen molar-refractivity contribution in [1.29, 1.82) is 0 Å². The van der Waals surface area contributed by atoms with Crippen LogP contribution in [0.4, 0.5) is 4.79 Å². The molecule has 0 saturated carbocycles. The van der Waals surface area contributed by atoms with Crippen LogP contribution in [-0.4, -0.2) is 29.7 Å². The van der Waals surface area contributed by atoms with Gasteiger partial charge >= 0.3 is 6.09 Å². The van der Waals surface area contributed by atoms with E-state index in [4.69, 9.17) is 21.9 Å². The first kappa shape index (κ1) is 15.9. The van der Waals surface area contributed by atoms with E-state index in [1.54, 1.807) is 17.1 Å². The van der Waals surface area contributed by atoms with E-state index < -0.39 is 5.60 Å². The molecule has 0 spiro atoms. The molecule has 6 N–H and O–H groups in total. The molecule has 0 atom stereocenters. The third kappa shape index (κ3) is 5.26. The Morgan fingerprint density at radius 3 is 2.40 bits per heavy atom. The van der Waals surface area contributed by atoms with Gasteiger partial charge in [0, 0.05) is 18.8 Å². The normalized spacial score (nSPS) is 16.4. The molecular formula is C14H24N4O2. The quantitative estimate of drug-likeness (QED) is 0.658. The monoisotopic (exact) mass is 280 g/mol. The fraction of sp³-hybridized carbons (Fsp3) is 0.500. The second-order valence-corrected chi connectivity index (χ2v) is 5.69. The Hall–Kier alpha value is -2.11. The molecule has 0 aromatic rings. The van der Waals surface area contributed by atoms with Crippen molar-refractivity contribution in [1.82, 2.24) is 4.90 Å². The Bertz CT molecular complexity index is 454. The highest BCUT2D eigenvalue weighted by Crippen LogP contribution is 2.18. The highest BCUT2D eigenvalue weighted by molar-refractivity contribution is 5.68. The predicted molar refractivity (Wildman–Crippen MR) is 79.2 cm³/mol. The zero-order valence-electron chi connectivity index (χ0n) is 12.3. The van der Waals surface area contributed by atoms with Crippen molar-refractivity contribution in [2.45, 2.75) is 32.8 Å². The van der Waals surface area contributed by atoms with E-state index in [0.29, 0.717) is 25.2 Å². The lowest BCUT2D eigenvalue weighted by Gasteiger charge is -2.29. The summed E-state index contributed by atoms with van der Waals surface area (Å²) >= 11 is 0. The van der Waals surface area contributed by atoms with Crippen LogP contribution >= 0.6 is 0 Å². The number of carbonyl (C=O) groups excluding carboxylic acids is 1. The second-order valence-electron chi connectivity index (χ2n) is 5.69. The molecule has 6 nitrogen and oxygen atoms in total. The average Bonchev–Trinajstić information content (AvgIpc) is 2.34. The summed E-state index contributed by atoms with van der Waals surface area (Å²) in [5.74, 6) is 0.208. The molecule has 0 aromatic carbocycles. The SMILES string of the molecule is CC(C)(C)OC(=O)N1CC=C(/C(N)=C/C=C(N)N)CC1. The zero-order chi connectivity index (χ0) is 15.3. The summed E-state index contributed by atoms with van der Waals surface area (Å²) < 4.78 is 5.32. The van der Waals surface area contributed by atoms with E-state index in [1.165, 1.54) is 0 Å². The number of hydrogen-bond donors (Lipinski definition) is 3. The maximum Gasteiger partial charge on any atom is 0.410 e. The van der Waals surface area contributed by atoms with Crippen LogP contribution in [-0.2, 0) is 4.74 Å². The molecule has 0 fully saturated rings. The van der Waals surface area contributed by atoms with Crippen LogP contribution in [0.15, 0.2) is 35.3 Å². The number of hydrogen-bond acceptors (Lipinski definition) is 5. The summed E-state index contributed by atoms with van der Waals surface area (Å²) in [5, 5.41) is 0. The van der Waals surface area contributed by atoms with Crippen molar-refractivity contribution in [2.24, 2.45) is 17.2 Å². The maximum absolute atomic E-state index is 11.9. The molecule has 0 saturated heterocycles. The summed E-state index contributed by atoms with van der Waals surface area (Å²) in [6.45, 7) is 6.61. The van der Waals surface area contributed by atoms with Crippen LogP contribution < -0.4 is 17.2 Å². The molecule has 0 radical (unpaired) electrons. The lowest BCUT2D eigenvalue weighted by molar-refractivity contribution is 0.0266.